The van der Waals surface area contributed by atoms with Crippen molar-refractivity contribution < 1.29 is 22.8 Å². The summed E-state index contributed by atoms with van der Waals surface area (Å²) in [5.41, 5.74) is 2.39. The van der Waals surface area contributed by atoms with Crippen LogP contribution in [0.1, 0.15) is 38.8 Å². The van der Waals surface area contributed by atoms with Crippen molar-refractivity contribution in [2.75, 3.05) is 18.9 Å². The first-order chi connectivity index (χ1) is 16.5. The number of pyridine rings is 1. The fraction of sp³-hybridized carbons (Fsp3) is 0.200. The van der Waals surface area contributed by atoms with Crippen LogP contribution in [0, 0.1) is 6.92 Å². The van der Waals surface area contributed by atoms with E-state index in [4.69, 9.17) is 0 Å². The van der Waals surface area contributed by atoms with Crippen molar-refractivity contribution in [3.05, 3.63) is 89.1 Å². The van der Waals surface area contributed by atoms with Crippen LogP contribution in [0.2, 0.25) is 0 Å². The van der Waals surface area contributed by atoms with Crippen molar-refractivity contribution in [1.29, 1.82) is 0 Å². The average Bonchev–Trinajstić information content (AvgIpc) is 2.82. The molecule has 0 aliphatic carbocycles. The van der Waals surface area contributed by atoms with Crippen LogP contribution in [0.5, 0.6) is 0 Å². The highest BCUT2D eigenvalue weighted by molar-refractivity contribution is 7.89. The second-order valence-corrected chi connectivity index (χ2v) is 9.80. The van der Waals surface area contributed by atoms with Crippen LogP contribution in [0.4, 0.5) is 5.82 Å². The molecule has 0 aliphatic heterocycles. The van der Waals surface area contributed by atoms with Gasteiger partial charge in [-0.3, -0.25) is 14.4 Å². The van der Waals surface area contributed by atoms with E-state index in [9.17, 15) is 22.8 Å². The lowest BCUT2D eigenvalue weighted by molar-refractivity contribution is -0.116. The lowest BCUT2D eigenvalue weighted by Crippen LogP contribution is -2.35. The summed E-state index contributed by atoms with van der Waals surface area (Å²) in [5, 5.41) is 2.66. The Bertz CT molecular complexity index is 1340. The van der Waals surface area contributed by atoms with Gasteiger partial charge in [-0.2, -0.15) is 0 Å². The van der Waals surface area contributed by atoms with Gasteiger partial charge in [0.2, 0.25) is 15.9 Å². The maximum absolute atomic E-state index is 12.7. The van der Waals surface area contributed by atoms with E-state index in [1.165, 1.54) is 43.1 Å². The molecule has 35 heavy (non-hydrogen) atoms. The fourth-order valence-corrected chi connectivity index (χ4v) is 4.21. The number of Topliss-reactive ketones (excluding diaryl/α,β-unsaturated/α-hetero) is 1. The van der Waals surface area contributed by atoms with Gasteiger partial charge in [0.15, 0.2) is 5.78 Å². The van der Waals surface area contributed by atoms with Gasteiger partial charge in [0, 0.05) is 30.9 Å². The van der Waals surface area contributed by atoms with Crippen LogP contribution in [-0.4, -0.2) is 49.5 Å². The zero-order valence-electron chi connectivity index (χ0n) is 19.6. The number of hydrogen-bond donors (Lipinski definition) is 2. The van der Waals surface area contributed by atoms with Gasteiger partial charge in [-0.25, -0.2) is 18.1 Å². The summed E-state index contributed by atoms with van der Waals surface area (Å²) in [4.78, 5) is 41.7. The molecule has 2 N–H and O–H groups in total. The van der Waals surface area contributed by atoms with Crippen molar-refractivity contribution in [2.45, 2.75) is 25.3 Å². The molecule has 0 fully saturated rings. The Hall–Kier alpha value is -3.89. The van der Waals surface area contributed by atoms with Gasteiger partial charge in [0.25, 0.3) is 5.91 Å². The first-order valence-corrected chi connectivity index (χ1v) is 12.2. The maximum Gasteiger partial charge on any atom is 0.254 e. The van der Waals surface area contributed by atoms with Gasteiger partial charge < -0.3 is 10.2 Å². The number of nitrogens with one attached hydrogen (secondary N) is 2. The molecule has 9 nitrogen and oxygen atoms in total. The molecular weight excluding hydrogens is 468 g/mol. The summed E-state index contributed by atoms with van der Waals surface area (Å²) in [7, 11) is -2.25. The first kappa shape index (κ1) is 25.7. The Morgan fingerprint density at radius 2 is 1.57 bits per heavy atom. The molecule has 3 aromatic rings. The molecule has 0 bridgehead atoms. The number of ketones is 1. The average molecular weight is 495 g/mol. The molecule has 0 radical (unpaired) electrons. The zero-order valence-corrected chi connectivity index (χ0v) is 20.4. The normalized spacial score (nSPS) is 11.1. The third kappa shape index (κ3) is 7.05. The Labute approximate surface area is 204 Å². The van der Waals surface area contributed by atoms with Crippen LogP contribution < -0.4 is 10.0 Å². The van der Waals surface area contributed by atoms with E-state index >= 15 is 0 Å². The number of benzene rings is 2. The summed E-state index contributed by atoms with van der Waals surface area (Å²) in [6, 6.07) is 15.6. The van der Waals surface area contributed by atoms with Gasteiger partial charge in [0.05, 0.1) is 11.4 Å². The van der Waals surface area contributed by atoms with Crippen molar-refractivity contribution in [3.63, 3.8) is 0 Å². The summed E-state index contributed by atoms with van der Waals surface area (Å²) in [5.74, 6) is -0.458. The largest absolute Gasteiger partial charge is 0.332 e. The standard InChI is InChI=1S/C25H26N4O5S/c1-17-12-13-26-23(14-17)28-24(31)16-29(3)25(32)21-6-4-19(5-7-21)15-27-35(33,34)22-10-8-20(9-11-22)18(2)30/h4-14,27H,15-16H2,1-3H3,(H,26,28,31). The van der Waals surface area contributed by atoms with Gasteiger partial charge in [-0.05, 0) is 61.4 Å². The number of anilines is 1. The number of aryl methyl sites for hydroxylation is 1. The van der Waals surface area contributed by atoms with Crippen molar-refractivity contribution in [2.24, 2.45) is 0 Å². The highest BCUT2D eigenvalue weighted by atomic mass is 32.2. The summed E-state index contributed by atoms with van der Waals surface area (Å²) in [6.07, 6.45) is 1.59. The number of aromatic nitrogens is 1. The van der Waals surface area contributed by atoms with E-state index in [0.29, 0.717) is 22.5 Å². The van der Waals surface area contributed by atoms with E-state index in [-0.39, 0.29) is 35.6 Å². The van der Waals surface area contributed by atoms with Crippen molar-refractivity contribution >= 4 is 33.4 Å². The Morgan fingerprint density at radius 3 is 2.17 bits per heavy atom. The molecule has 10 heteroatoms. The molecule has 0 aliphatic rings. The molecule has 0 spiro atoms. The highest BCUT2D eigenvalue weighted by Gasteiger charge is 2.17. The summed E-state index contributed by atoms with van der Waals surface area (Å²) in [6.45, 7) is 3.16. The molecule has 3 rings (SSSR count). The third-order valence-corrected chi connectivity index (χ3v) is 6.57. The van der Waals surface area contributed by atoms with Gasteiger partial charge >= 0.3 is 0 Å². The Balaban J connectivity index is 1.56. The summed E-state index contributed by atoms with van der Waals surface area (Å²) < 4.78 is 27.5. The number of likely N-dealkylation sites (N-methyl/N-ethyl adjacent to an activating group) is 1. The van der Waals surface area contributed by atoms with Gasteiger partial charge in [-0.1, -0.05) is 24.3 Å². The fourth-order valence-electron chi connectivity index (χ4n) is 3.19. The molecular formula is C25H26N4O5S. The second-order valence-electron chi connectivity index (χ2n) is 8.03. The van der Waals surface area contributed by atoms with Crippen molar-refractivity contribution in [3.8, 4) is 0 Å². The zero-order chi connectivity index (χ0) is 25.6. The number of sulfonamides is 1. The molecule has 0 atom stereocenters. The maximum atomic E-state index is 12.7. The van der Waals surface area contributed by atoms with Crippen LogP contribution >= 0.6 is 0 Å². The number of carbonyl (C=O) groups is 3. The molecule has 1 heterocycles. The summed E-state index contributed by atoms with van der Waals surface area (Å²) >= 11 is 0. The van der Waals surface area contributed by atoms with Gasteiger partial charge in [-0.15, -0.1) is 0 Å². The SMILES string of the molecule is CC(=O)c1ccc(S(=O)(=O)NCc2ccc(C(=O)N(C)CC(=O)Nc3cc(C)ccn3)cc2)cc1. The molecule has 0 saturated carbocycles. The van der Waals surface area contributed by atoms with E-state index in [2.05, 4.69) is 15.0 Å². The molecule has 2 aromatic carbocycles. The minimum Gasteiger partial charge on any atom is -0.332 e. The van der Waals surface area contributed by atoms with E-state index in [1.807, 2.05) is 13.0 Å². The number of amides is 2. The minimum absolute atomic E-state index is 0.0208. The molecule has 182 valence electrons. The van der Waals surface area contributed by atoms with Crippen LogP contribution in [-0.2, 0) is 21.4 Å². The van der Waals surface area contributed by atoms with Crippen molar-refractivity contribution in [1.82, 2.24) is 14.6 Å². The third-order valence-electron chi connectivity index (χ3n) is 5.15. The van der Waals surface area contributed by atoms with Crippen LogP contribution in [0.3, 0.4) is 0 Å². The predicted octanol–water partition coefficient (Wildman–Crippen LogP) is 2.78. The predicted molar refractivity (Wildman–Crippen MR) is 131 cm³/mol. The van der Waals surface area contributed by atoms with Gasteiger partial charge in [0.1, 0.15) is 5.82 Å². The lowest BCUT2D eigenvalue weighted by Gasteiger charge is -2.17. The number of hydrogen-bond acceptors (Lipinski definition) is 6. The van der Waals surface area contributed by atoms with E-state index < -0.39 is 10.0 Å². The quantitative estimate of drug-likeness (QED) is 0.441. The number of rotatable bonds is 9. The highest BCUT2D eigenvalue weighted by Crippen LogP contribution is 2.13. The lowest BCUT2D eigenvalue weighted by atomic mass is 10.1. The molecule has 2 amide bonds. The number of carbonyl (C=O) groups excluding carboxylic acids is 3. The molecule has 0 saturated heterocycles. The van der Waals surface area contributed by atoms with E-state index in [1.54, 1.807) is 36.5 Å². The minimum atomic E-state index is -3.77. The van der Waals surface area contributed by atoms with E-state index in [0.717, 1.165) is 5.56 Å². The molecule has 0 unspecified atom stereocenters. The number of nitrogens with zero attached hydrogens (tertiary/aromatic N) is 2. The smallest absolute Gasteiger partial charge is 0.254 e. The Morgan fingerprint density at radius 1 is 0.943 bits per heavy atom. The van der Waals surface area contributed by atoms with Crippen LogP contribution in [0.15, 0.2) is 71.8 Å². The Kier molecular flexibility index (Phi) is 8.10. The second kappa shape index (κ2) is 11.0. The topological polar surface area (TPSA) is 126 Å². The first-order valence-electron chi connectivity index (χ1n) is 10.7. The molecule has 1 aromatic heterocycles. The van der Waals surface area contributed by atoms with Crippen LogP contribution in [0.25, 0.3) is 0 Å². The monoisotopic (exact) mass is 494 g/mol.